The summed E-state index contributed by atoms with van der Waals surface area (Å²) in [4.78, 5) is 3.64. The third kappa shape index (κ3) is 0.742. The molecule has 1 fully saturated rings. The van der Waals surface area contributed by atoms with Gasteiger partial charge in [0.2, 0.25) is 0 Å². The molecule has 1 N–H and O–H groups in total. The second kappa shape index (κ2) is 2.00. The molecule has 0 radical (unpaired) electrons. The largest absolute Gasteiger partial charge is 0.462 e. The van der Waals surface area contributed by atoms with Crippen LogP contribution in [0.3, 0.4) is 0 Å². The van der Waals surface area contributed by atoms with Crippen LogP contribution in [0.1, 0.15) is 0 Å². The molecule has 0 unspecified atom stereocenters. The van der Waals surface area contributed by atoms with Crippen molar-refractivity contribution in [2.45, 2.75) is 0 Å². The van der Waals surface area contributed by atoms with Crippen molar-refractivity contribution in [1.82, 2.24) is 5.06 Å². The monoisotopic (exact) mass is 116 g/mol. The van der Waals surface area contributed by atoms with Crippen molar-refractivity contribution in [3.05, 3.63) is 0 Å². The highest BCUT2D eigenvalue weighted by molar-refractivity contribution is 5.73. The molecule has 8 heavy (non-hydrogen) atoms. The second-order valence-electron chi connectivity index (χ2n) is 1.48. The van der Waals surface area contributed by atoms with E-state index in [0.717, 1.165) is 5.06 Å². The van der Waals surface area contributed by atoms with E-state index in [4.69, 9.17) is 9.94 Å². The minimum Gasteiger partial charge on any atom is -0.462 e. The van der Waals surface area contributed by atoms with Crippen LogP contribution >= 0.6 is 0 Å². The molecule has 1 aliphatic heterocycles. The van der Waals surface area contributed by atoms with Crippen molar-refractivity contribution < 1.29 is 9.94 Å². The Hall–Kier alpha value is -0.770. The minimum atomic E-state index is 0.310. The first-order valence-electron chi connectivity index (χ1n) is 2.40. The van der Waals surface area contributed by atoms with Crippen molar-refractivity contribution >= 4 is 6.02 Å². The highest BCUT2D eigenvalue weighted by atomic mass is 16.6. The number of rotatable bonds is 0. The maximum Gasteiger partial charge on any atom is 0.311 e. The topological polar surface area (TPSA) is 45.1 Å². The predicted molar refractivity (Wildman–Crippen MR) is 27.8 cm³/mol. The Morgan fingerprint density at radius 1 is 1.88 bits per heavy atom. The number of hydroxylamine groups is 2. The first-order valence-corrected chi connectivity index (χ1v) is 2.40. The summed E-state index contributed by atoms with van der Waals surface area (Å²) >= 11 is 0. The van der Waals surface area contributed by atoms with Gasteiger partial charge in [0, 0.05) is 7.05 Å². The Bertz CT molecular complexity index is 113. The van der Waals surface area contributed by atoms with Gasteiger partial charge in [-0.1, -0.05) is 0 Å². The van der Waals surface area contributed by atoms with Crippen LogP contribution in [0, 0.1) is 0 Å². The fraction of sp³-hybridized carbons (Fsp3) is 0.750. The molecule has 0 aromatic rings. The maximum absolute atomic E-state index is 8.77. The second-order valence-corrected chi connectivity index (χ2v) is 1.48. The van der Waals surface area contributed by atoms with Gasteiger partial charge in [0.15, 0.2) is 0 Å². The molecular formula is C4H8N2O2. The summed E-state index contributed by atoms with van der Waals surface area (Å²) in [5.41, 5.74) is 0. The summed E-state index contributed by atoms with van der Waals surface area (Å²) in [5.74, 6) is 0. The Morgan fingerprint density at radius 3 is 2.88 bits per heavy atom. The van der Waals surface area contributed by atoms with Gasteiger partial charge in [-0.3, -0.25) is 5.21 Å². The Balaban J connectivity index is 2.55. The third-order valence-electron chi connectivity index (χ3n) is 0.946. The summed E-state index contributed by atoms with van der Waals surface area (Å²) in [5, 5.41) is 9.75. The predicted octanol–water partition coefficient (Wildman–Crippen LogP) is -0.306. The molecule has 0 saturated carbocycles. The Labute approximate surface area is 47.3 Å². The molecular weight excluding hydrogens is 108 g/mol. The van der Waals surface area contributed by atoms with E-state index >= 15 is 0 Å². The molecule has 0 aromatic heterocycles. The van der Waals surface area contributed by atoms with E-state index in [1.165, 1.54) is 0 Å². The van der Waals surface area contributed by atoms with Gasteiger partial charge < -0.3 is 4.74 Å². The van der Waals surface area contributed by atoms with Crippen molar-refractivity contribution in [2.24, 2.45) is 4.99 Å². The van der Waals surface area contributed by atoms with Gasteiger partial charge in [-0.25, -0.2) is 10.1 Å². The Kier molecular flexibility index (Phi) is 1.34. The zero-order valence-corrected chi connectivity index (χ0v) is 4.66. The van der Waals surface area contributed by atoms with Gasteiger partial charge in [-0.2, -0.15) is 0 Å². The molecule has 0 amide bonds. The number of ether oxygens (including phenoxy) is 1. The molecule has 0 aliphatic carbocycles. The van der Waals surface area contributed by atoms with Crippen LogP contribution in [-0.4, -0.2) is 36.5 Å². The van der Waals surface area contributed by atoms with Crippen LogP contribution in [0.5, 0.6) is 0 Å². The summed E-state index contributed by atoms with van der Waals surface area (Å²) in [7, 11) is 1.57. The van der Waals surface area contributed by atoms with Gasteiger partial charge >= 0.3 is 6.02 Å². The fourth-order valence-corrected chi connectivity index (χ4v) is 0.574. The third-order valence-corrected chi connectivity index (χ3v) is 0.946. The number of hydrogen-bond acceptors (Lipinski definition) is 3. The zero-order valence-electron chi connectivity index (χ0n) is 4.66. The van der Waals surface area contributed by atoms with Crippen LogP contribution in [0.2, 0.25) is 0 Å². The van der Waals surface area contributed by atoms with Gasteiger partial charge in [-0.15, -0.1) is 0 Å². The van der Waals surface area contributed by atoms with Gasteiger partial charge in [0.1, 0.15) is 6.61 Å². The van der Waals surface area contributed by atoms with E-state index in [1.54, 1.807) is 7.05 Å². The molecule has 1 heterocycles. The number of nitrogens with zero attached hydrogens (tertiary/aromatic N) is 2. The first-order chi connectivity index (χ1) is 3.84. The molecule has 1 rings (SSSR count). The average molecular weight is 116 g/mol. The number of hydrogen-bond donors (Lipinski definition) is 1. The molecule has 0 atom stereocenters. The van der Waals surface area contributed by atoms with E-state index in [0.29, 0.717) is 19.2 Å². The van der Waals surface area contributed by atoms with Gasteiger partial charge in [0.05, 0.1) is 6.54 Å². The zero-order chi connectivity index (χ0) is 5.98. The minimum absolute atomic E-state index is 0.310. The highest BCUT2D eigenvalue weighted by Gasteiger charge is 2.15. The summed E-state index contributed by atoms with van der Waals surface area (Å²) in [6.07, 6.45) is 0. The lowest BCUT2D eigenvalue weighted by Crippen LogP contribution is -2.20. The first kappa shape index (κ1) is 5.37. The van der Waals surface area contributed by atoms with Crippen LogP contribution in [0.4, 0.5) is 0 Å². The number of aliphatic imine (C=N–C) groups is 1. The van der Waals surface area contributed by atoms with Crippen molar-refractivity contribution in [3.63, 3.8) is 0 Å². The lowest BCUT2D eigenvalue weighted by molar-refractivity contribution is -0.00335. The molecule has 0 spiro atoms. The fourth-order valence-electron chi connectivity index (χ4n) is 0.574. The van der Waals surface area contributed by atoms with E-state index in [2.05, 4.69) is 4.99 Å². The quantitative estimate of drug-likeness (QED) is 0.472. The average Bonchev–Trinajstić information content (AvgIpc) is 2.14. The van der Waals surface area contributed by atoms with Crippen LogP contribution in [0.15, 0.2) is 4.99 Å². The van der Waals surface area contributed by atoms with Crippen LogP contribution < -0.4 is 0 Å². The van der Waals surface area contributed by atoms with E-state index in [1.807, 2.05) is 0 Å². The molecule has 0 aromatic carbocycles. The lowest BCUT2D eigenvalue weighted by Gasteiger charge is -2.02. The molecule has 1 aliphatic rings. The number of amidine groups is 1. The normalized spacial score (nSPS) is 24.2. The molecule has 0 bridgehead atoms. The van der Waals surface area contributed by atoms with Gasteiger partial charge in [0.25, 0.3) is 0 Å². The lowest BCUT2D eigenvalue weighted by atomic mass is 10.7. The molecule has 1 saturated heterocycles. The van der Waals surface area contributed by atoms with Crippen molar-refractivity contribution in [3.8, 4) is 0 Å². The maximum atomic E-state index is 8.77. The smallest absolute Gasteiger partial charge is 0.311 e. The summed E-state index contributed by atoms with van der Waals surface area (Å²) < 4.78 is 4.84. The van der Waals surface area contributed by atoms with E-state index < -0.39 is 0 Å². The summed E-state index contributed by atoms with van der Waals surface area (Å²) in [6, 6.07) is 0.310. The Morgan fingerprint density at radius 2 is 2.62 bits per heavy atom. The molecule has 46 valence electrons. The van der Waals surface area contributed by atoms with Crippen molar-refractivity contribution in [1.29, 1.82) is 0 Å². The van der Waals surface area contributed by atoms with E-state index in [9.17, 15) is 0 Å². The van der Waals surface area contributed by atoms with Crippen LogP contribution in [-0.2, 0) is 4.74 Å². The van der Waals surface area contributed by atoms with Crippen LogP contribution in [0.25, 0.3) is 0 Å². The van der Waals surface area contributed by atoms with E-state index in [-0.39, 0.29) is 0 Å². The molecule has 4 nitrogen and oxygen atoms in total. The molecule has 4 heteroatoms. The standard InChI is InChI=1S/C4H8N2O2/c1-5-4-6(7)2-3-8-4/h7H,2-3H2,1H3. The highest BCUT2D eigenvalue weighted by Crippen LogP contribution is 1.97. The van der Waals surface area contributed by atoms with Crippen molar-refractivity contribution in [2.75, 3.05) is 20.2 Å². The summed E-state index contributed by atoms with van der Waals surface area (Å²) in [6.45, 7) is 1.05. The SMILES string of the molecule is CN=C1OCCN1O. The van der Waals surface area contributed by atoms with Gasteiger partial charge in [-0.05, 0) is 0 Å².